The van der Waals surface area contributed by atoms with Gasteiger partial charge in [0.05, 0.1) is 0 Å². The average Bonchev–Trinajstić information content (AvgIpc) is 2.14. The molecule has 1 atom stereocenters. The molecule has 3 heteroatoms. The second-order valence-corrected chi connectivity index (χ2v) is 3.34. The molecule has 1 saturated heterocycles. The van der Waals surface area contributed by atoms with Crippen LogP contribution in [0.3, 0.4) is 0 Å². The summed E-state index contributed by atoms with van der Waals surface area (Å²) < 4.78 is 4.98. The second-order valence-electron chi connectivity index (χ2n) is 3.34. The highest BCUT2D eigenvalue weighted by Gasteiger charge is 2.10. The van der Waals surface area contributed by atoms with Crippen molar-refractivity contribution < 1.29 is 4.74 Å². The molecule has 2 N–H and O–H groups in total. The van der Waals surface area contributed by atoms with Crippen LogP contribution >= 0.6 is 0 Å². The molecule has 0 aromatic heterocycles. The molecule has 0 spiro atoms. The Balaban J connectivity index is 1.91. The highest BCUT2D eigenvalue weighted by atomic mass is 16.5. The zero-order valence-electron chi connectivity index (χ0n) is 7.94. The van der Waals surface area contributed by atoms with E-state index in [-0.39, 0.29) is 0 Å². The van der Waals surface area contributed by atoms with Gasteiger partial charge in [-0.25, -0.2) is 0 Å². The van der Waals surface area contributed by atoms with Gasteiger partial charge in [-0.15, -0.1) is 0 Å². The topological polar surface area (TPSA) is 33.3 Å². The molecule has 0 aromatic carbocycles. The van der Waals surface area contributed by atoms with Crippen molar-refractivity contribution in [2.45, 2.75) is 25.3 Å². The van der Waals surface area contributed by atoms with E-state index >= 15 is 0 Å². The van der Waals surface area contributed by atoms with Gasteiger partial charge in [0.15, 0.2) is 0 Å². The maximum absolute atomic E-state index is 4.98. The lowest BCUT2D eigenvalue weighted by atomic mass is 10.1. The quantitative estimate of drug-likeness (QED) is 0.588. The van der Waals surface area contributed by atoms with Crippen molar-refractivity contribution in [1.29, 1.82) is 0 Å². The molecule has 12 heavy (non-hydrogen) atoms. The van der Waals surface area contributed by atoms with Crippen LogP contribution in [0.4, 0.5) is 0 Å². The lowest BCUT2D eigenvalue weighted by molar-refractivity contribution is 0.192. The first-order valence-corrected chi connectivity index (χ1v) is 4.86. The Bertz CT molecular complexity index is 103. The van der Waals surface area contributed by atoms with Crippen molar-refractivity contribution in [3.8, 4) is 0 Å². The number of rotatable bonds is 5. The van der Waals surface area contributed by atoms with Crippen LogP contribution in [0.25, 0.3) is 0 Å². The maximum Gasteiger partial charge on any atom is 0.0474 e. The molecule has 1 fully saturated rings. The molecule has 1 aliphatic rings. The molecule has 0 bridgehead atoms. The summed E-state index contributed by atoms with van der Waals surface area (Å²) in [7, 11) is 1.75. The van der Waals surface area contributed by atoms with Crippen LogP contribution in [0.2, 0.25) is 0 Å². The normalized spacial score (nSPS) is 24.2. The summed E-state index contributed by atoms with van der Waals surface area (Å²) in [6.07, 6.45) is 3.74. The minimum Gasteiger partial charge on any atom is -0.385 e. The third-order valence-electron chi connectivity index (χ3n) is 2.26. The Morgan fingerprint density at radius 2 is 2.50 bits per heavy atom. The first-order valence-electron chi connectivity index (χ1n) is 4.86. The Hall–Kier alpha value is -0.120. The number of hydrogen-bond acceptors (Lipinski definition) is 3. The lowest BCUT2D eigenvalue weighted by Crippen LogP contribution is -2.43. The molecule has 0 saturated carbocycles. The van der Waals surface area contributed by atoms with E-state index < -0.39 is 0 Å². The molecule has 0 amide bonds. The third kappa shape index (κ3) is 4.04. The van der Waals surface area contributed by atoms with Crippen molar-refractivity contribution in [3.05, 3.63) is 0 Å². The minimum atomic E-state index is 0.690. The Labute approximate surface area is 74.9 Å². The monoisotopic (exact) mass is 172 g/mol. The summed E-state index contributed by atoms with van der Waals surface area (Å²) in [5, 5.41) is 6.90. The van der Waals surface area contributed by atoms with E-state index in [0.29, 0.717) is 6.04 Å². The van der Waals surface area contributed by atoms with E-state index in [0.717, 1.165) is 26.1 Å². The van der Waals surface area contributed by atoms with Crippen molar-refractivity contribution >= 4 is 0 Å². The minimum absolute atomic E-state index is 0.690. The summed E-state index contributed by atoms with van der Waals surface area (Å²) in [6, 6.07) is 0.690. The molecule has 1 unspecified atom stereocenters. The van der Waals surface area contributed by atoms with Crippen LogP contribution in [-0.2, 0) is 4.74 Å². The van der Waals surface area contributed by atoms with Crippen molar-refractivity contribution in [2.24, 2.45) is 0 Å². The molecule has 1 aliphatic heterocycles. The molecule has 72 valence electrons. The number of hydrogen-bond donors (Lipinski definition) is 2. The molecule has 0 aromatic rings. The largest absolute Gasteiger partial charge is 0.385 e. The molecule has 1 rings (SSSR count). The van der Waals surface area contributed by atoms with Crippen molar-refractivity contribution in [2.75, 3.05) is 33.4 Å². The average molecular weight is 172 g/mol. The van der Waals surface area contributed by atoms with Crippen molar-refractivity contribution in [3.63, 3.8) is 0 Å². The number of ether oxygens (including phenoxy) is 1. The van der Waals surface area contributed by atoms with E-state index in [4.69, 9.17) is 4.74 Å². The highest BCUT2D eigenvalue weighted by molar-refractivity contribution is 4.74. The highest BCUT2D eigenvalue weighted by Crippen LogP contribution is 2.00. The number of methoxy groups -OCH3 is 1. The number of nitrogens with one attached hydrogen (secondary N) is 2. The predicted octanol–water partition coefficient (Wildman–Crippen LogP) is 0.364. The van der Waals surface area contributed by atoms with Gasteiger partial charge in [0.2, 0.25) is 0 Å². The smallest absolute Gasteiger partial charge is 0.0474 e. The zero-order valence-corrected chi connectivity index (χ0v) is 7.94. The summed E-state index contributed by atoms with van der Waals surface area (Å²) in [5.41, 5.74) is 0. The molecule has 3 nitrogen and oxygen atoms in total. The summed E-state index contributed by atoms with van der Waals surface area (Å²) in [4.78, 5) is 0. The van der Waals surface area contributed by atoms with Gasteiger partial charge in [0.1, 0.15) is 0 Å². The van der Waals surface area contributed by atoms with Gasteiger partial charge in [-0.3, -0.25) is 0 Å². The van der Waals surface area contributed by atoms with Gasteiger partial charge in [-0.2, -0.15) is 0 Å². The van der Waals surface area contributed by atoms with Crippen LogP contribution in [0.15, 0.2) is 0 Å². The molecular weight excluding hydrogens is 152 g/mol. The Morgan fingerprint density at radius 3 is 3.17 bits per heavy atom. The number of piperidine rings is 1. The first-order chi connectivity index (χ1) is 5.93. The van der Waals surface area contributed by atoms with E-state index in [9.17, 15) is 0 Å². The fourth-order valence-electron chi connectivity index (χ4n) is 1.55. The van der Waals surface area contributed by atoms with Crippen LogP contribution in [-0.4, -0.2) is 39.4 Å². The standard InChI is InChI=1S/C9H20N2O/c1-12-7-3-6-11-9-4-2-5-10-8-9/h9-11H,2-8H2,1H3. The summed E-state index contributed by atoms with van der Waals surface area (Å²) >= 11 is 0. The Kier molecular flexibility index (Phi) is 5.32. The first kappa shape index (κ1) is 9.96. The van der Waals surface area contributed by atoms with E-state index in [1.165, 1.54) is 19.4 Å². The van der Waals surface area contributed by atoms with Crippen LogP contribution < -0.4 is 10.6 Å². The van der Waals surface area contributed by atoms with Gasteiger partial charge in [-0.05, 0) is 32.4 Å². The zero-order chi connectivity index (χ0) is 8.65. The molecule has 1 heterocycles. The predicted molar refractivity (Wildman–Crippen MR) is 50.4 cm³/mol. The Morgan fingerprint density at radius 1 is 1.58 bits per heavy atom. The van der Waals surface area contributed by atoms with Crippen LogP contribution in [0.1, 0.15) is 19.3 Å². The van der Waals surface area contributed by atoms with E-state index in [1.807, 2.05) is 0 Å². The summed E-state index contributed by atoms with van der Waals surface area (Å²) in [6.45, 7) is 4.27. The fourth-order valence-corrected chi connectivity index (χ4v) is 1.55. The van der Waals surface area contributed by atoms with Crippen LogP contribution in [0, 0.1) is 0 Å². The lowest BCUT2D eigenvalue weighted by Gasteiger charge is -2.23. The maximum atomic E-state index is 4.98. The summed E-state index contributed by atoms with van der Waals surface area (Å²) in [5.74, 6) is 0. The molecule has 0 radical (unpaired) electrons. The van der Waals surface area contributed by atoms with Gasteiger partial charge >= 0.3 is 0 Å². The van der Waals surface area contributed by atoms with Gasteiger partial charge < -0.3 is 15.4 Å². The second kappa shape index (κ2) is 6.40. The fraction of sp³-hybridized carbons (Fsp3) is 1.00. The SMILES string of the molecule is COCCCNC1CCCNC1. The van der Waals surface area contributed by atoms with E-state index in [2.05, 4.69) is 10.6 Å². The van der Waals surface area contributed by atoms with Crippen molar-refractivity contribution in [1.82, 2.24) is 10.6 Å². The van der Waals surface area contributed by atoms with Gasteiger partial charge in [-0.1, -0.05) is 0 Å². The van der Waals surface area contributed by atoms with Gasteiger partial charge in [0, 0.05) is 26.3 Å². The third-order valence-corrected chi connectivity index (χ3v) is 2.26. The molecular formula is C9H20N2O. The van der Waals surface area contributed by atoms with Gasteiger partial charge in [0.25, 0.3) is 0 Å². The van der Waals surface area contributed by atoms with Crippen LogP contribution in [0.5, 0.6) is 0 Å². The molecule has 0 aliphatic carbocycles. The van der Waals surface area contributed by atoms with E-state index in [1.54, 1.807) is 7.11 Å².